The molecule has 0 aliphatic heterocycles. The second-order valence-corrected chi connectivity index (χ2v) is 5.48. The number of ether oxygens (including phenoxy) is 1. The highest BCUT2D eigenvalue weighted by atomic mass is 16.5. The Labute approximate surface area is 97.8 Å². The van der Waals surface area contributed by atoms with Crippen LogP contribution in [0.4, 0.5) is 0 Å². The number of nitrogens with two attached hydrogens (primary N) is 1. The van der Waals surface area contributed by atoms with Gasteiger partial charge in [-0.1, -0.05) is 24.3 Å². The lowest BCUT2D eigenvalue weighted by Crippen LogP contribution is -2.32. The first-order valence-corrected chi connectivity index (χ1v) is 5.87. The minimum Gasteiger partial charge on any atom is -0.384 e. The summed E-state index contributed by atoms with van der Waals surface area (Å²) in [5.74, 6) is 0. The van der Waals surface area contributed by atoms with Crippen molar-refractivity contribution in [3.63, 3.8) is 0 Å². The topological polar surface area (TPSA) is 35.2 Å². The minimum atomic E-state index is -0.278. The molecule has 2 N–H and O–H groups in total. The van der Waals surface area contributed by atoms with Gasteiger partial charge in [-0.15, -0.1) is 0 Å². The third-order valence-corrected chi connectivity index (χ3v) is 3.47. The normalized spacial score (nSPS) is 18.5. The largest absolute Gasteiger partial charge is 0.384 e. The first kappa shape index (κ1) is 11.6. The summed E-state index contributed by atoms with van der Waals surface area (Å²) in [6, 6.07) is 8.51. The van der Waals surface area contributed by atoms with Crippen molar-refractivity contribution in [3.05, 3.63) is 35.4 Å². The van der Waals surface area contributed by atoms with Gasteiger partial charge >= 0.3 is 0 Å². The highest BCUT2D eigenvalue weighted by molar-refractivity contribution is 5.42. The van der Waals surface area contributed by atoms with Crippen LogP contribution in [0.1, 0.15) is 37.8 Å². The molecule has 1 saturated carbocycles. The average Bonchev–Trinajstić information content (AvgIpc) is 2.98. The summed E-state index contributed by atoms with van der Waals surface area (Å²) in [4.78, 5) is 0. The van der Waals surface area contributed by atoms with Gasteiger partial charge < -0.3 is 10.5 Å². The Bertz CT molecular complexity index is 375. The van der Waals surface area contributed by atoms with E-state index in [4.69, 9.17) is 10.5 Å². The van der Waals surface area contributed by atoms with Gasteiger partial charge in [0.25, 0.3) is 0 Å². The van der Waals surface area contributed by atoms with Gasteiger partial charge in [0.15, 0.2) is 0 Å². The summed E-state index contributed by atoms with van der Waals surface area (Å²) in [6.45, 7) is 4.93. The first-order chi connectivity index (χ1) is 7.49. The lowest BCUT2D eigenvalue weighted by atomic mass is 9.83. The summed E-state index contributed by atoms with van der Waals surface area (Å²) in [7, 11) is 1.77. The van der Waals surface area contributed by atoms with Gasteiger partial charge in [0.05, 0.1) is 6.61 Å². The number of methoxy groups -OCH3 is 1. The van der Waals surface area contributed by atoms with Crippen LogP contribution in [0.25, 0.3) is 0 Å². The van der Waals surface area contributed by atoms with Crippen LogP contribution in [-0.2, 0) is 15.7 Å². The second-order valence-electron chi connectivity index (χ2n) is 5.48. The van der Waals surface area contributed by atoms with Gasteiger partial charge in [0, 0.05) is 18.1 Å². The smallest absolute Gasteiger partial charge is 0.0559 e. The molecule has 2 heteroatoms. The van der Waals surface area contributed by atoms with Gasteiger partial charge in [-0.3, -0.25) is 0 Å². The van der Waals surface area contributed by atoms with E-state index < -0.39 is 0 Å². The number of hydrogen-bond donors (Lipinski definition) is 1. The fourth-order valence-corrected chi connectivity index (χ4v) is 2.43. The predicted molar refractivity (Wildman–Crippen MR) is 66.4 cm³/mol. The molecule has 1 aromatic carbocycles. The van der Waals surface area contributed by atoms with Crippen LogP contribution in [0.3, 0.4) is 0 Å². The Kier molecular flexibility index (Phi) is 2.81. The van der Waals surface area contributed by atoms with Crippen molar-refractivity contribution >= 4 is 0 Å². The van der Waals surface area contributed by atoms with E-state index in [1.165, 1.54) is 24.0 Å². The van der Waals surface area contributed by atoms with E-state index in [2.05, 4.69) is 38.1 Å². The molecule has 0 unspecified atom stereocenters. The molecule has 0 spiro atoms. The second kappa shape index (κ2) is 3.86. The highest BCUT2D eigenvalue weighted by Crippen LogP contribution is 2.50. The van der Waals surface area contributed by atoms with Gasteiger partial charge in [-0.05, 0) is 37.8 Å². The molecule has 0 aromatic heterocycles. The van der Waals surface area contributed by atoms with Crippen LogP contribution in [0.15, 0.2) is 24.3 Å². The molecular weight excluding hydrogens is 198 g/mol. The number of benzene rings is 1. The summed E-state index contributed by atoms with van der Waals surface area (Å²) in [6.07, 6.45) is 2.43. The molecule has 88 valence electrons. The zero-order chi connectivity index (χ0) is 11.8. The van der Waals surface area contributed by atoms with Crippen LogP contribution in [-0.4, -0.2) is 13.7 Å². The van der Waals surface area contributed by atoms with E-state index in [0.29, 0.717) is 0 Å². The Morgan fingerprint density at radius 2 is 1.94 bits per heavy atom. The minimum absolute atomic E-state index is 0.238. The zero-order valence-electron chi connectivity index (χ0n) is 10.4. The van der Waals surface area contributed by atoms with E-state index in [1.807, 2.05) is 0 Å². The van der Waals surface area contributed by atoms with Crippen molar-refractivity contribution in [3.8, 4) is 0 Å². The fraction of sp³-hybridized carbons (Fsp3) is 0.571. The van der Waals surface area contributed by atoms with Crippen LogP contribution in [0.2, 0.25) is 0 Å². The van der Waals surface area contributed by atoms with Gasteiger partial charge in [0.2, 0.25) is 0 Å². The Morgan fingerprint density at radius 3 is 2.44 bits per heavy atom. The van der Waals surface area contributed by atoms with Crippen molar-refractivity contribution in [2.45, 2.75) is 37.6 Å². The zero-order valence-corrected chi connectivity index (χ0v) is 10.4. The van der Waals surface area contributed by atoms with Crippen molar-refractivity contribution in [1.29, 1.82) is 0 Å². The third kappa shape index (κ3) is 2.00. The molecule has 1 fully saturated rings. The van der Waals surface area contributed by atoms with Crippen LogP contribution < -0.4 is 5.73 Å². The van der Waals surface area contributed by atoms with Gasteiger partial charge in [-0.25, -0.2) is 0 Å². The molecule has 0 radical (unpaired) electrons. The van der Waals surface area contributed by atoms with Crippen molar-refractivity contribution in [2.75, 3.05) is 13.7 Å². The van der Waals surface area contributed by atoms with Crippen molar-refractivity contribution < 1.29 is 4.74 Å². The fourth-order valence-electron chi connectivity index (χ4n) is 2.43. The van der Waals surface area contributed by atoms with E-state index in [9.17, 15) is 0 Å². The van der Waals surface area contributed by atoms with Crippen molar-refractivity contribution in [1.82, 2.24) is 0 Å². The SMILES string of the molecule is COCC1(c2ccccc2C(C)(C)N)CC1. The van der Waals surface area contributed by atoms with E-state index in [1.54, 1.807) is 7.11 Å². The number of hydrogen-bond acceptors (Lipinski definition) is 2. The third-order valence-electron chi connectivity index (χ3n) is 3.47. The standard InChI is InChI=1S/C14H21NO/c1-13(2,15)11-6-4-5-7-12(11)14(8-9-14)10-16-3/h4-7H,8-10,15H2,1-3H3. The summed E-state index contributed by atoms with van der Waals surface area (Å²) in [5.41, 5.74) is 8.83. The highest BCUT2D eigenvalue weighted by Gasteiger charge is 2.46. The summed E-state index contributed by atoms with van der Waals surface area (Å²) >= 11 is 0. The van der Waals surface area contributed by atoms with Crippen LogP contribution in [0, 0.1) is 0 Å². The van der Waals surface area contributed by atoms with Gasteiger partial charge in [0.1, 0.15) is 0 Å². The predicted octanol–water partition coefficient (Wildman–Crippen LogP) is 2.56. The van der Waals surface area contributed by atoms with Crippen LogP contribution in [0.5, 0.6) is 0 Å². The van der Waals surface area contributed by atoms with E-state index in [-0.39, 0.29) is 11.0 Å². The maximum absolute atomic E-state index is 6.24. The monoisotopic (exact) mass is 219 g/mol. The van der Waals surface area contributed by atoms with Gasteiger partial charge in [-0.2, -0.15) is 0 Å². The summed E-state index contributed by atoms with van der Waals surface area (Å²) < 4.78 is 5.35. The molecule has 1 aromatic rings. The molecule has 0 atom stereocenters. The lowest BCUT2D eigenvalue weighted by Gasteiger charge is -2.27. The Balaban J connectivity index is 2.41. The number of rotatable bonds is 4. The Morgan fingerprint density at radius 1 is 1.31 bits per heavy atom. The van der Waals surface area contributed by atoms with E-state index in [0.717, 1.165) is 6.61 Å². The maximum Gasteiger partial charge on any atom is 0.0559 e. The molecule has 1 aliphatic rings. The molecular formula is C14H21NO. The molecule has 0 bridgehead atoms. The van der Waals surface area contributed by atoms with Crippen molar-refractivity contribution in [2.24, 2.45) is 5.73 Å². The quantitative estimate of drug-likeness (QED) is 0.844. The summed E-state index contributed by atoms with van der Waals surface area (Å²) in [5, 5.41) is 0. The average molecular weight is 219 g/mol. The van der Waals surface area contributed by atoms with E-state index >= 15 is 0 Å². The molecule has 1 aliphatic carbocycles. The molecule has 0 amide bonds. The maximum atomic E-state index is 6.24. The molecule has 16 heavy (non-hydrogen) atoms. The Hall–Kier alpha value is -0.860. The molecule has 2 rings (SSSR count). The van der Waals surface area contributed by atoms with Crippen LogP contribution >= 0.6 is 0 Å². The molecule has 0 saturated heterocycles. The first-order valence-electron chi connectivity index (χ1n) is 5.87. The lowest BCUT2D eigenvalue weighted by molar-refractivity contribution is 0.170. The molecule has 2 nitrogen and oxygen atoms in total. The molecule has 0 heterocycles.